The first-order valence-electron chi connectivity index (χ1n) is 5.87. The Bertz CT molecular complexity index is 378. The topological polar surface area (TPSA) is 95.4 Å². The van der Waals surface area contributed by atoms with Crippen molar-refractivity contribution in [1.29, 1.82) is 0 Å². The van der Waals surface area contributed by atoms with Crippen LogP contribution in [0.15, 0.2) is 30.3 Å². The second kappa shape index (κ2) is 7.32. The summed E-state index contributed by atoms with van der Waals surface area (Å²) in [6.45, 7) is 0.536. The fourth-order valence-electron chi connectivity index (χ4n) is 1.58. The maximum absolute atomic E-state index is 10.9. The van der Waals surface area contributed by atoms with Gasteiger partial charge in [-0.2, -0.15) is 0 Å². The molecule has 0 aromatic heterocycles. The number of nitrogens with two attached hydrogens (primary N) is 2. The van der Waals surface area contributed by atoms with Crippen molar-refractivity contribution in [2.75, 3.05) is 6.61 Å². The third-order valence-corrected chi connectivity index (χ3v) is 2.59. The normalized spacial score (nSPS) is 10.3. The van der Waals surface area contributed by atoms with Crippen molar-refractivity contribution in [2.45, 2.75) is 19.3 Å². The number of primary amides is 2. The van der Waals surface area contributed by atoms with Crippen LogP contribution in [-0.2, 0) is 9.59 Å². The smallest absolute Gasteiger partial charge is 0.229 e. The number of rotatable bonds is 8. The van der Waals surface area contributed by atoms with E-state index in [2.05, 4.69) is 0 Å². The Morgan fingerprint density at radius 2 is 1.67 bits per heavy atom. The Morgan fingerprint density at radius 1 is 1.06 bits per heavy atom. The predicted molar refractivity (Wildman–Crippen MR) is 67.7 cm³/mol. The molecule has 0 aliphatic rings. The number of unbranched alkanes of at least 4 members (excludes halogenated alkanes) is 1. The van der Waals surface area contributed by atoms with Gasteiger partial charge in [0.1, 0.15) is 11.7 Å². The Labute approximate surface area is 106 Å². The van der Waals surface area contributed by atoms with E-state index in [1.165, 1.54) is 0 Å². The molecular weight excluding hydrogens is 232 g/mol. The van der Waals surface area contributed by atoms with E-state index in [0.717, 1.165) is 12.2 Å². The van der Waals surface area contributed by atoms with Gasteiger partial charge in [0.2, 0.25) is 11.8 Å². The number of carbonyl (C=O) groups is 2. The highest BCUT2D eigenvalue weighted by Crippen LogP contribution is 2.11. The Kier molecular flexibility index (Phi) is 5.70. The molecule has 0 unspecified atom stereocenters. The van der Waals surface area contributed by atoms with E-state index < -0.39 is 17.7 Å². The second-order valence-electron chi connectivity index (χ2n) is 4.01. The summed E-state index contributed by atoms with van der Waals surface area (Å²) < 4.78 is 5.48. The average molecular weight is 250 g/mol. The van der Waals surface area contributed by atoms with E-state index in [1.807, 2.05) is 30.3 Å². The molecule has 0 spiro atoms. The van der Waals surface area contributed by atoms with Crippen LogP contribution in [0.1, 0.15) is 19.3 Å². The zero-order chi connectivity index (χ0) is 13.4. The summed E-state index contributed by atoms with van der Waals surface area (Å²) in [6, 6.07) is 9.44. The highest BCUT2D eigenvalue weighted by molar-refractivity contribution is 5.98. The molecule has 0 saturated carbocycles. The van der Waals surface area contributed by atoms with Crippen LogP contribution in [0.2, 0.25) is 0 Å². The first-order chi connectivity index (χ1) is 8.61. The fourth-order valence-corrected chi connectivity index (χ4v) is 1.58. The molecule has 2 amide bonds. The number of hydrogen-bond donors (Lipinski definition) is 2. The summed E-state index contributed by atoms with van der Waals surface area (Å²) >= 11 is 0. The molecule has 0 atom stereocenters. The van der Waals surface area contributed by atoms with Crippen molar-refractivity contribution in [3.63, 3.8) is 0 Å². The number of benzene rings is 1. The molecule has 0 fully saturated rings. The standard InChI is InChI=1S/C13H18N2O3/c14-12(16)11(13(15)17)8-4-5-9-18-10-6-2-1-3-7-10/h1-3,6-7,11H,4-5,8-9H2,(H2,14,16)(H2,15,17). The predicted octanol–water partition coefficient (Wildman–Crippen LogP) is 0.822. The minimum atomic E-state index is -0.873. The molecule has 0 bridgehead atoms. The van der Waals surface area contributed by atoms with Gasteiger partial charge >= 0.3 is 0 Å². The van der Waals surface area contributed by atoms with Crippen LogP contribution >= 0.6 is 0 Å². The average Bonchev–Trinajstić information content (AvgIpc) is 2.34. The van der Waals surface area contributed by atoms with Gasteiger partial charge in [-0.05, 0) is 31.4 Å². The molecule has 1 aromatic carbocycles. The molecule has 1 rings (SSSR count). The van der Waals surface area contributed by atoms with Crippen molar-refractivity contribution in [1.82, 2.24) is 0 Å². The van der Waals surface area contributed by atoms with Gasteiger partial charge < -0.3 is 16.2 Å². The van der Waals surface area contributed by atoms with Crippen LogP contribution in [0, 0.1) is 5.92 Å². The fraction of sp³-hybridized carbons (Fsp3) is 0.385. The largest absolute Gasteiger partial charge is 0.494 e. The van der Waals surface area contributed by atoms with Crippen LogP contribution in [0.25, 0.3) is 0 Å². The Morgan fingerprint density at radius 3 is 2.22 bits per heavy atom. The summed E-state index contributed by atoms with van der Waals surface area (Å²) in [5, 5.41) is 0. The Balaban J connectivity index is 2.19. The van der Waals surface area contributed by atoms with Crippen LogP contribution in [-0.4, -0.2) is 18.4 Å². The summed E-state index contributed by atoms with van der Waals surface area (Å²) in [5.41, 5.74) is 10.1. The van der Waals surface area contributed by atoms with Gasteiger partial charge in [0.05, 0.1) is 6.61 Å². The van der Waals surface area contributed by atoms with Gasteiger partial charge in [-0.15, -0.1) is 0 Å². The van der Waals surface area contributed by atoms with E-state index in [4.69, 9.17) is 16.2 Å². The summed E-state index contributed by atoms with van der Waals surface area (Å²) in [4.78, 5) is 21.8. The zero-order valence-electron chi connectivity index (χ0n) is 10.2. The minimum absolute atomic E-state index is 0.378. The van der Waals surface area contributed by atoms with E-state index in [-0.39, 0.29) is 0 Å². The van der Waals surface area contributed by atoms with Crippen LogP contribution in [0.5, 0.6) is 5.75 Å². The quantitative estimate of drug-likeness (QED) is 0.528. The molecule has 5 heteroatoms. The van der Waals surface area contributed by atoms with Crippen molar-refractivity contribution in [3.8, 4) is 5.75 Å². The molecule has 18 heavy (non-hydrogen) atoms. The molecule has 0 heterocycles. The number of ether oxygens (including phenoxy) is 1. The number of carbonyl (C=O) groups excluding carboxylic acids is 2. The lowest BCUT2D eigenvalue weighted by Crippen LogP contribution is -2.35. The minimum Gasteiger partial charge on any atom is -0.494 e. The first kappa shape index (κ1) is 14.0. The van der Waals surface area contributed by atoms with Gasteiger partial charge in [-0.1, -0.05) is 18.2 Å². The van der Waals surface area contributed by atoms with Crippen LogP contribution < -0.4 is 16.2 Å². The molecular formula is C13H18N2O3. The molecule has 0 aliphatic heterocycles. The molecule has 0 aliphatic carbocycles. The third-order valence-electron chi connectivity index (χ3n) is 2.59. The number of hydrogen-bond acceptors (Lipinski definition) is 3. The highest BCUT2D eigenvalue weighted by Gasteiger charge is 2.20. The molecule has 1 aromatic rings. The summed E-state index contributed by atoms with van der Waals surface area (Å²) in [6.07, 6.45) is 1.79. The van der Waals surface area contributed by atoms with E-state index in [0.29, 0.717) is 19.4 Å². The van der Waals surface area contributed by atoms with Crippen molar-refractivity contribution < 1.29 is 14.3 Å². The molecule has 0 radical (unpaired) electrons. The van der Waals surface area contributed by atoms with Crippen molar-refractivity contribution in [3.05, 3.63) is 30.3 Å². The van der Waals surface area contributed by atoms with Crippen molar-refractivity contribution >= 4 is 11.8 Å². The van der Waals surface area contributed by atoms with Gasteiger partial charge in [-0.3, -0.25) is 9.59 Å². The number of amides is 2. The van der Waals surface area contributed by atoms with Crippen molar-refractivity contribution in [2.24, 2.45) is 17.4 Å². The summed E-state index contributed by atoms with van der Waals surface area (Å²) in [5.74, 6) is -1.39. The molecule has 5 nitrogen and oxygen atoms in total. The molecule has 0 saturated heterocycles. The third kappa shape index (κ3) is 4.86. The molecule has 98 valence electrons. The monoisotopic (exact) mass is 250 g/mol. The van der Waals surface area contributed by atoms with Crippen LogP contribution in [0.3, 0.4) is 0 Å². The maximum Gasteiger partial charge on any atom is 0.229 e. The zero-order valence-corrected chi connectivity index (χ0v) is 10.2. The second-order valence-corrected chi connectivity index (χ2v) is 4.01. The summed E-state index contributed by atoms with van der Waals surface area (Å²) in [7, 11) is 0. The Hall–Kier alpha value is -2.04. The molecule has 4 N–H and O–H groups in total. The van der Waals surface area contributed by atoms with E-state index >= 15 is 0 Å². The van der Waals surface area contributed by atoms with Gasteiger partial charge in [0, 0.05) is 0 Å². The first-order valence-corrected chi connectivity index (χ1v) is 5.87. The van der Waals surface area contributed by atoms with Gasteiger partial charge in [-0.25, -0.2) is 0 Å². The van der Waals surface area contributed by atoms with Crippen LogP contribution in [0.4, 0.5) is 0 Å². The van der Waals surface area contributed by atoms with E-state index in [1.54, 1.807) is 0 Å². The lowest BCUT2D eigenvalue weighted by Gasteiger charge is -2.09. The maximum atomic E-state index is 10.9. The number of para-hydroxylation sites is 1. The lowest BCUT2D eigenvalue weighted by atomic mass is 10.0. The van der Waals surface area contributed by atoms with Gasteiger partial charge in [0.25, 0.3) is 0 Å². The highest BCUT2D eigenvalue weighted by atomic mass is 16.5. The lowest BCUT2D eigenvalue weighted by molar-refractivity contribution is -0.131. The van der Waals surface area contributed by atoms with E-state index in [9.17, 15) is 9.59 Å². The SMILES string of the molecule is NC(=O)C(CCCCOc1ccccc1)C(N)=O. The van der Waals surface area contributed by atoms with Gasteiger partial charge in [0.15, 0.2) is 0 Å².